The summed E-state index contributed by atoms with van der Waals surface area (Å²) in [4.78, 5) is 14.3. The van der Waals surface area contributed by atoms with Gasteiger partial charge in [-0.05, 0) is 6.42 Å². The van der Waals surface area contributed by atoms with Gasteiger partial charge in [0.1, 0.15) is 0 Å². The lowest BCUT2D eigenvalue weighted by Gasteiger charge is -2.28. The third-order valence-electron chi connectivity index (χ3n) is 2.13. The molecule has 15 heavy (non-hydrogen) atoms. The normalized spacial score (nSPS) is 17.3. The summed E-state index contributed by atoms with van der Waals surface area (Å²) in [5.74, 6) is -1.31. The molecule has 0 aliphatic carbocycles. The number of carboxylic acids is 1. The molecule has 0 amide bonds. The van der Waals surface area contributed by atoms with Crippen molar-refractivity contribution in [3.63, 3.8) is 0 Å². The highest BCUT2D eigenvalue weighted by molar-refractivity contribution is 7.91. The van der Waals surface area contributed by atoms with E-state index in [4.69, 9.17) is 5.11 Å². The van der Waals surface area contributed by atoms with Crippen LogP contribution in [-0.2, 0) is 10.0 Å². The molecule has 1 aromatic rings. The number of rotatable bonds is 3. The lowest BCUT2D eigenvalue weighted by Crippen LogP contribution is -2.42. The van der Waals surface area contributed by atoms with E-state index in [0.29, 0.717) is 13.1 Å². The van der Waals surface area contributed by atoms with Gasteiger partial charge in [-0.1, -0.05) is 0 Å². The monoisotopic (exact) mass is 248 g/mol. The summed E-state index contributed by atoms with van der Waals surface area (Å²) in [6.07, 6.45) is 0.820. The van der Waals surface area contributed by atoms with E-state index >= 15 is 0 Å². The first kappa shape index (κ1) is 10.5. The molecule has 0 atom stereocenters. The topological polar surface area (TPSA) is 87.6 Å². The number of carboxylic acid groups (broad SMARTS) is 1. The molecule has 82 valence electrons. The number of thiazole rings is 1. The van der Waals surface area contributed by atoms with Crippen LogP contribution in [0.5, 0.6) is 0 Å². The van der Waals surface area contributed by atoms with E-state index in [1.807, 2.05) is 0 Å². The van der Waals surface area contributed by atoms with Gasteiger partial charge in [-0.25, -0.2) is 18.2 Å². The molecule has 1 aliphatic rings. The molecule has 8 heteroatoms. The summed E-state index contributed by atoms with van der Waals surface area (Å²) in [5, 5.41) is 8.75. The van der Waals surface area contributed by atoms with Gasteiger partial charge in [-0.15, -0.1) is 11.3 Å². The largest absolute Gasteiger partial charge is 0.476 e. The predicted octanol–water partition coefficient (Wildman–Crippen LogP) is 0.236. The van der Waals surface area contributed by atoms with Crippen molar-refractivity contribution in [1.82, 2.24) is 9.29 Å². The smallest absolute Gasteiger partial charge is 0.356 e. The van der Waals surface area contributed by atoms with Crippen molar-refractivity contribution >= 4 is 27.3 Å². The minimum Gasteiger partial charge on any atom is -0.476 e. The number of nitrogens with zero attached hydrogens (tertiary/aromatic N) is 2. The highest BCUT2D eigenvalue weighted by Crippen LogP contribution is 2.27. The van der Waals surface area contributed by atoms with Gasteiger partial charge >= 0.3 is 5.97 Å². The summed E-state index contributed by atoms with van der Waals surface area (Å²) < 4.78 is 24.8. The number of sulfonamides is 1. The zero-order valence-electron chi connectivity index (χ0n) is 7.58. The highest BCUT2D eigenvalue weighted by Gasteiger charge is 2.34. The Labute approximate surface area is 90.2 Å². The summed E-state index contributed by atoms with van der Waals surface area (Å²) in [5.41, 5.74) is 0.850. The quantitative estimate of drug-likeness (QED) is 0.827. The number of aromatic nitrogens is 1. The van der Waals surface area contributed by atoms with E-state index in [1.165, 1.54) is 9.82 Å². The van der Waals surface area contributed by atoms with E-state index in [1.54, 1.807) is 0 Å². The Bertz CT molecular complexity index is 489. The van der Waals surface area contributed by atoms with E-state index in [-0.39, 0.29) is 9.90 Å². The number of hydrogen-bond acceptors (Lipinski definition) is 5. The fourth-order valence-electron chi connectivity index (χ4n) is 1.21. The Hall–Kier alpha value is -0.990. The second-order valence-corrected chi connectivity index (χ2v) is 6.04. The lowest BCUT2D eigenvalue weighted by atomic mass is 10.3. The minimum atomic E-state index is -3.63. The number of aromatic carboxylic acids is 1. The second kappa shape index (κ2) is 3.54. The lowest BCUT2D eigenvalue weighted by molar-refractivity contribution is 0.0687. The second-order valence-electron chi connectivity index (χ2n) is 3.05. The van der Waals surface area contributed by atoms with Gasteiger partial charge in [0.05, 0.1) is 5.51 Å². The van der Waals surface area contributed by atoms with Crippen molar-refractivity contribution in [2.24, 2.45) is 0 Å². The maximum absolute atomic E-state index is 11.8. The van der Waals surface area contributed by atoms with Gasteiger partial charge in [-0.2, -0.15) is 4.31 Å². The van der Waals surface area contributed by atoms with Gasteiger partial charge in [-0.3, -0.25) is 0 Å². The molecule has 6 nitrogen and oxygen atoms in total. The molecule has 1 fully saturated rings. The molecule has 1 saturated heterocycles. The van der Waals surface area contributed by atoms with E-state index in [9.17, 15) is 13.2 Å². The van der Waals surface area contributed by atoms with Crippen LogP contribution in [0.15, 0.2) is 9.72 Å². The van der Waals surface area contributed by atoms with Crippen molar-refractivity contribution in [3.05, 3.63) is 11.2 Å². The molecule has 2 heterocycles. The van der Waals surface area contributed by atoms with Crippen LogP contribution in [0.4, 0.5) is 0 Å². The summed E-state index contributed by atoms with van der Waals surface area (Å²) >= 11 is 0.841. The van der Waals surface area contributed by atoms with Gasteiger partial charge in [0.15, 0.2) is 9.90 Å². The average Bonchev–Trinajstić information content (AvgIpc) is 2.46. The summed E-state index contributed by atoms with van der Waals surface area (Å²) in [6.45, 7) is 0.915. The molecule has 0 radical (unpaired) electrons. The molecule has 1 N–H and O–H groups in total. The van der Waals surface area contributed by atoms with Gasteiger partial charge in [0.2, 0.25) is 0 Å². The van der Waals surface area contributed by atoms with Gasteiger partial charge in [0, 0.05) is 13.1 Å². The van der Waals surface area contributed by atoms with E-state index < -0.39 is 16.0 Å². The fraction of sp³-hybridized carbons (Fsp3) is 0.429. The molecule has 0 bridgehead atoms. The third-order valence-corrected chi connectivity index (χ3v) is 5.37. The van der Waals surface area contributed by atoms with Crippen LogP contribution in [-0.4, -0.2) is 41.9 Å². The van der Waals surface area contributed by atoms with E-state index in [2.05, 4.69) is 4.98 Å². The van der Waals surface area contributed by atoms with Crippen LogP contribution in [0.1, 0.15) is 16.9 Å². The fourth-order valence-corrected chi connectivity index (χ4v) is 4.00. The highest BCUT2D eigenvalue weighted by atomic mass is 32.2. The predicted molar refractivity (Wildman–Crippen MR) is 52.4 cm³/mol. The van der Waals surface area contributed by atoms with Crippen molar-refractivity contribution in [3.8, 4) is 0 Å². The Balaban J connectivity index is 2.44. The molecule has 1 aromatic heterocycles. The Morgan fingerprint density at radius 3 is 2.67 bits per heavy atom. The van der Waals surface area contributed by atoms with Gasteiger partial charge in [0.25, 0.3) is 10.0 Å². The number of carbonyl (C=O) groups is 1. The van der Waals surface area contributed by atoms with Crippen molar-refractivity contribution in [2.45, 2.75) is 10.6 Å². The van der Waals surface area contributed by atoms with Gasteiger partial charge < -0.3 is 5.11 Å². The first-order valence-corrected chi connectivity index (χ1v) is 6.52. The summed E-state index contributed by atoms with van der Waals surface area (Å²) in [6, 6.07) is 0. The Kier molecular flexibility index (Phi) is 2.49. The zero-order valence-corrected chi connectivity index (χ0v) is 9.21. The average molecular weight is 248 g/mol. The standard InChI is InChI=1S/C7H8N2O4S2/c10-6(11)5-7(14-4-8-5)15(12,13)9-2-1-3-9/h4H,1-3H2,(H,10,11). The van der Waals surface area contributed by atoms with Crippen LogP contribution in [0.3, 0.4) is 0 Å². The maximum atomic E-state index is 11.8. The zero-order chi connectivity index (χ0) is 11.1. The third kappa shape index (κ3) is 1.64. The molecular weight excluding hydrogens is 240 g/mol. The maximum Gasteiger partial charge on any atom is 0.356 e. The molecule has 0 spiro atoms. The summed E-state index contributed by atoms with van der Waals surface area (Å²) in [7, 11) is -3.63. The van der Waals surface area contributed by atoms with Crippen LogP contribution in [0, 0.1) is 0 Å². The molecule has 0 unspecified atom stereocenters. The first-order chi connectivity index (χ1) is 7.03. The molecule has 2 rings (SSSR count). The first-order valence-electron chi connectivity index (χ1n) is 4.20. The van der Waals surface area contributed by atoms with Crippen LogP contribution < -0.4 is 0 Å². The van der Waals surface area contributed by atoms with E-state index in [0.717, 1.165) is 17.8 Å². The Morgan fingerprint density at radius 1 is 1.53 bits per heavy atom. The van der Waals surface area contributed by atoms with Crippen molar-refractivity contribution in [1.29, 1.82) is 0 Å². The van der Waals surface area contributed by atoms with Crippen molar-refractivity contribution < 1.29 is 18.3 Å². The van der Waals surface area contributed by atoms with Crippen LogP contribution >= 0.6 is 11.3 Å². The molecular formula is C7H8N2O4S2. The number of hydrogen-bond donors (Lipinski definition) is 1. The van der Waals surface area contributed by atoms with Crippen LogP contribution in [0.2, 0.25) is 0 Å². The minimum absolute atomic E-state index is 0.172. The van der Waals surface area contributed by atoms with Crippen molar-refractivity contribution in [2.75, 3.05) is 13.1 Å². The molecule has 1 aliphatic heterocycles. The SMILES string of the molecule is O=C(O)c1ncsc1S(=O)(=O)N1CCC1. The molecule has 0 saturated carbocycles. The molecule has 0 aromatic carbocycles. The Morgan fingerprint density at radius 2 is 2.20 bits per heavy atom. The van der Waals surface area contributed by atoms with Crippen LogP contribution in [0.25, 0.3) is 0 Å².